The summed E-state index contributed by atoms with van der Waals surface area (Å²) in [6.07, 6.45) is 5.94. The topological polar surface area (TPSA) is 88.6 Å². The third-order valence-electron chi connectivity index (χ3n) is 6.35. The fourth-order valence-corrected chi connectivity index (χ4v) is 5.80. The molecule has 0 saturated carbocycles. The number of carbonyl (C=O) groups excluding carboxylic acids is 1. The molecule has 2 aliphatic heterocycles. The average Bonchev–Trinajstić information content (AvgIpc) is 3.00. The average molecular weight is 530 g/mol. The summed E-state index contributed by atoms with van der Waals surface area (Å²) in [5, 5.41) is 3.07. The first-order chi connectivity index (χ1) is 15.8. The normalized spacial score (nSPS) is 22.5. The highest BCUT2D eigenvalue weighted by molar-refractivity contribution is 7.90. The van der Waals surface area contributed by atoms with E-state index in [2.05, 4.69) is 15.2 Å². The Hall–Kier alpha value is -2.10. The number of piperidine rings is 1. The Balaban J connectivity index is 1.42. The van der Waals surface area contributed by atoms with Crippen molar-refractivity contribution in [1.29, 1.82) is 0 Å². The molecule has 2 aliphatic rings. The quantitative estimate of drug-likeness (QED) is 0.596. The summed E-state index contributed by atoms with van der Waals surface area (Å²) in [6, 6.07) is 5.81. The van der Waals surface area contributed by atoms with Gasteiger partial charge in [0.25, 0.3) is 5.91 Å². The molecule has 0 spiro atoms. The predicted molar refractivity (Wildman–Crippen MR) is 129 cm³/mol. The molecule has 11 heteroatoms. The fourth-order valence-electron chi connectivity index (χ4n) is 4.70. The van der Waals surface area contributed by atoms with Crippen LogP contribution in [0, 0.1) is 5.82 Å². The van der Waals surface area contributed by atoms with Gasteiger partial charge in [0, 0.05) is 30.6 Å². The standard InChI is InChI=1S/C23H26Cl2FN3O4S/c1-23(2,33-21-18(24)8-13(26)9-19(21)25)22(30)28-14-10-15-4-5-16(11-14)29(15)20-7-6-17(12-27-20)34(3,31)32/h6-9,12,14-16H,4-5,10-11H2,1-3H3,(H,28,30)/t14-,15+,16-. The monoisotopic (exact) mass is 529 g/mol. The van der Waals surface area contributed by atoms with Crippen LogP contribution in [-0.2, 0) is 14.6 Å². The minimum absolute atomic E-state index is 0.00776. The number of aromatic nitrogens is 1. The molecular weight excluding hydrogens is 504 g/mol. The van der Waals surface area contributed by atoms with Gasteiger partial charge in [0.2, 0.25) is 0 Å². The number of rotatable bonds is 6. The van der Waals surface area contributed by atoms with Gasteiger partial charge in [-0.3, -0.25) is 4.79 Å². The number of carbonyl (C=O) groups is 1. The molecule has 4 rings (SSSR count). The SMILES string of the molecule is CC(C)(Oc1c(Cl)cc(F)cc1Cl)C(=O)N[C@H]1C[C@H]2CC[C@@H](C1)N2c1ccc(S(C)(=O)=O)cn1. The summed E-state index contributed by atoms with van der Waals surface area (Å²) in [6.45, 7) is 3.21. The van der Waals surface area contributed by atoms with E-state index < -0.39 is 21.3 Å². The van der Waals surface area contributed by atoms with Crippen LogP contribution >= 0.6 is 23.2 Å². The maximum atomic E-state index is 13.5. The number of nitrogens with one attached hydrogen (secondary N) is 1. The number of hydrogen-bond donors (Lipinski definition) is 1. The van der Waals surface area contributed by atoms with Gasteiger partial charge in [0.05, 0.1) is 14.9 Å². The summed E-state index contributed by atoms with van der Waals surface area (Å²) < 4.78 is 42.7. The van der Waals surface area contributed by atoms with E-state index in [9.17, 15) is 17.6 Å². The highest BCUT2D eigenvalue weighted by Crippen LogP contribution is 2.39. The largest absolute Gasteiger partial charge is 0.475 e. The maximum Gasteiger partial charge on any atom is 0.263 e. The summed E-state index contributed by atoms with van der Waals surface area (Å²) in [7, 11) is -3.30. The van der Waals surface area contributed by atoms with Crippen molar-refractivity contribution in [2.45, 2.75) is 68.2 Å². The highest BCUT2D eigenvalue weighted by Gasteiger charge is 2.43. The molecular formula is C23H26Cl2FN3O4S. The Morgan fingerprint density at radius 1 is 1.18 bits per heavy atom. The van der Waals surface area contributed by atoms with Crippen LogP contribution < -0.4 is 15.0 Å². The predicted octanol–water partition coefficient (Wildman–Crippen LogP) is 4.40. The summed E-state index contributed by atoms with van der Waals surface area (Å²) >= 11 is 12.1. The minimum atomic E-state index is -3.30. The van der Waals surface area contributed by atoms with Crippen LogP contribution in [0.3, 0.4) is 0 Å². The van der Waals surface area contributed by atoms with Crippen molar-refractivity contribution in [2.75, 3.05) is 11.2 Å². The van der Waals surface area contributed by atoms with Crippen molar-refractivity contribution in [3.8, 4) is 5.75 Å². The van der Waals surface area contributed by atoms with Crippen LogP contribution in [0.25, 0.3) is 0 Å². The van der Waals surface area contributed by atoms with Crippen LogP contribution in [-0.4, -0.2) is 49.3 Å². The molecule has 2 bridgehead atoms. The van der Waals surface area contributed by atoms with Gasteiger partial charge in [-0.2, -0.15) is 0 Å². The van der Waals surface area contributed by atoms with E-state index in [4.69, 9.17) is 27.9 Å². The van der Waals surface area contributed by atoms with Crippen molar-refractivity contribution >= 4 is 44.8 Å². The van der Waals surface area contributed by atoms with Crippen LogP contribution in [0.15, 0.2) is 35.4 Å². The van der Waals surface area contributed by atoms with Crippen LogP contribution in [0.5, 0.6) is 5.75 Å². The first-order valence-electron chi connectivity index (χ1n) is 10.9. The van der Waals surface area contributed by atoms with Crippen LogP contribution in [0.1, 0.15) is 39.5 Å². The zero-order valence-corrected chi connectivity index (χ0v) is 21.3. The Morgan fingerprint density at radius 2 is 1.76 bits per heavy atom. The van der Waals surface area contributed by atoms with Gasteiger partial charge in [-0.05, 0) is 63.8 Å². The van der Waals surface area contributed by atoms with Gasteiger partial charge in [0.1, 0.15) is 11.6 Å². The van der Waals surface area contributed by atoms with E-state index in [1.165, 1.54) is 6.20 Å². The molecule has 0 radical (unpaired) electrons. The number of amides is 1. The molecule has 2 saturated heterocycles. The first-order valence-corrected chi connectivity index (χ1v) is 13.6. The minimum Gasteiger partial charge on any atom is -0.475 e. The van der Waals surface area contributed by atoms with Gasteiger partial charge < -0.3 is 15.0 Å². The van der Waals surface area contributed by atoms with E-state index in [0.717, 1.165) is 49.9 Å². The molecule has 2 aromatic rings. The number of ether oxygens (including phenoxy) is 1. The molecule has 3 atom stereocenters. The Morgan fingerprint density at radius 3 is 2.26 bits per heavy atom. The van der Waals surface area contributed by atoms with E-state index in [0.29, 0.717) is 0 Å². The van der Waals surface area contributed by atoms with E-state index in [1.807, 2.05) is 0 Å². The number of benzene rings is 1. The molecule has 3 heterocycles. The zero-order valence-electron chi connectivity index (χ0n) is 19.0. The van der Waals surface area contributed by atoms with Gasteiger partial charge in [-0.25, -0.2) is 17.8 Å². The molecule has 0 aliphatic carbocycles. The fraction of sp³-hybridized carbons (Fsp3) is 0.478. The Kier molecular flexibility index (Phi) is 6.74. The number of hydrogen-bond acceptors (Lipinski definition) is 6. The van der Waals surface area contributed by atoms with Gasteiger partial charge in [-0.15, -0.1) is 0 Å². The number of anilines is 1. The molecule has 7 nitrogen and oxygen atoms in total. The third-order valence-corrected chi connectivity index (χ3v) is 8.01. The Labute approximate surface area is 208 Å². The number of sulfone groups is 1. The molecule has 184 valence electrons. The summed E-state index contributed by atoms with van der Waals surface area (Å²) in [4.78, 5) is 19.9. The lowest BCUT2D eigenvalue weighted by molar-refractivity contribution is -0.135. The van der Waals surface area contributed by atoms with Crippen LogP contribution in [0.2, 0.25) is 10.0 Å². The summed E-state index contributed by atoms with van der Waals surface area (Å²) in [5.41, 5.74) is -1.29. The molecule has 1 aromatic carbocycles. The number of nitrogens with zero attached hydrogens (tertiary/aromatic N) is 2. The van der Waals surface area contributed by atoms with Crippen LogP contribution in [0.4, 0.5) is 10.2 Å². The lowest BCUT2D eigenvalue weighted by atomic mass is 9.96. The highest BCUT2D eigenvalue weighted by atomic mass is 35.5. The number of pyridine rings is 1. The van der Waals surface area contributed by atoms with E-state index >= 15 is 0 Å². The van der Waals surface area contributed by atoms with Crippen molar-refractivity contribution < 1.29 is 22.3 Å². The first kappa shape index (κ1) is 25.0. The van der Waals surface area contributed by atoms with E-state index in [1.54, 1.807) is 26.0 Å². The number of fused-ring (bicyclic) bond motifs is 2. The van der Waals surface area contributed by atoms with Crippen molar-refractivity contribution in [3.05, 3.63) is 46.3 Å². The van der Waals surface area contributed by atoms with Crippen molar-refractivity contribution in [1.82, 2.24) is 10.3 Å². The molecule has 2 fully saturated rings. The van der Waals surface area contributed by atoms with Gasteiger partial charge in [-0.1, -0.05) is 23.2 Å². The number of halogens is 3. The third kappa shape index (κ3) is 5.11. The second-order valence-corrected chi connectivity index (χ2v) is 12.2. The molecule has 1 aromatic heterocycles. The second kappa shape index (κ2) is 9.17. The molecule has 1 N–H and O–H groups in total. The van der Waals surface area contributed by atoms with E-state index in [-0.39, 0.29) is 44.7 Å². The van der Waals surface area contributed by atoms with Gasteiger partial charge >= 0.3 is 0 Å². The van der Waals surface area contributed by atoms with Crippen molar-refractivity contribution in [3.63, 3.8) is 0 Å². The molecule has 0 unspecified atom stereocenters. The lowest BCUT2D eigenvalue weighted by Crippen LogP contribution is -2.55. The maximum absolute atomic E-state index is 13.5. The van der Waals surface area contributed by atoms with Crippen molar-refractivity contribution in [2.24, 2.45) is 0 Å². The zero-order chi connectivity index (χ0) is 24.8. The second-order valence-electron chi connectivity index (χ2n) is 9.37. The smallest absolute Gasteiger partial charge is 0.263 e. The summed E-state index contributed by atoms with van der Waals surface area (Å²) in [5.74, 6) is -0.109. The molecule has 1 amide bonds. The Bertz CT molecular complexity index is 1170. The van der Waals surface area contributed by atoms with Gasteiger partial charge in [0.15, 0.2) is 21.2 Å². The lowest BCUT2D eigenvalue weighted by Gasteiger charge is -2.40. The molecule has 34 heavy (non-hydrogen) atoms.